The zero-order valence-electron chi connectivity index (χ0n) is 17.0. The Hall–Kier alpha value is -4.54. The van der Waals surface area contributed by atoms with Crippen LogP contribution < -0.4 is 16.6 Å². The van der Waals surface area contributed by atoms with E-state index in [1.54, 1.807) is 25.1 Å². The Balaban J connectivity index is 1.98. The molecule has 0 saturated heterocycles. The predicted octanol–water partition coefficient (Wildman–Crippen LogP) is 3.47. The van der Waals surface area contributed by atoms with Gasteiger partial charge in [-0.3, -0.25) is 9.36 Å². The van der Waals surface area contributed by atoms with Gasteiger partial charge in [0.05, 0.1) is 45.5 Å². The van der Waals surface area contributed by atoms with E-state index in [0.717, 1.165) is 6.07 Å². The van der Waals surface area contributed by atoms with Crippen LogP contribution >= 0.6 is 11.6 Å². The van der Waals surface area contributed by atoms with Gasteiger partial charge >= 0.3 is 0 Å². The van der Waals surface area contributed by atoms with Crippen LogP contribution in [0.4, 0.5) is 16.2 Å². The van der Waals surface area contributed by atoms with Crippen LogP contribution in [0.3, 0.4) is 0 Å². The first-order valence-corrected chi connectivity index (χ1v) is 9.92. The summed E-state index contributed by atoms with van der Waals surface area (Å²) in [4.78, 5) is 25.9. The normalized spacial score (nSPS) is 11.5. The molecule has 33 heavy (non-hydrogen) atoms. The van der Waals surface area contributed by atoms with Gasteiger partial charge < -0.3 is 11.1 Å². The molecule has 1 unspecified atom stereocenters. The van der Waals surface area contributed by atoms with Crippen molar-refractivity contribution in [2.45, 2.75) is 13.0 Å². The van der Waals surface area contributed by atoms with Crippen LogP contribution in [0.25, 0.3) is 16.6 Å². The maximum atomic E-state index is 14.1. The number of hydrogen-bond donors (Lipinski definition) is 2. The third-order valence-corrected chi connectivity index (χ3v) is 5.23. The number of hydrogen-bond acceptors (Lipinski definition) is 8. The summed E-state index contributed by atoms with van der Waals surface area (Å²) in [5, 5.41) is 21.2. The van der Waals surface area contributed by atoms with Gasteiger partial charge in [0.2, 0.25) is 5.95 Å². The van der Waals surface area contributed by atoms with Crippen LogP contribution in [0.15, 0.2) is 47.4 Å². The Morgan fingerprint density at radius 2 is 2.00 bits per heavy atom. The summed E-state index contributed by atoms with van der Waals surface area (Å²) in [5.41, 5.74) is 6.01. The molecule has 4 aromatic rings. The van der Waals surface area contributed by atoms with E-state index in [-0.39, 0.29) is 39.1 Å². The number of rotatable bonds is 4. The number of nitrogen functional groups attached to an aromatic ring is 1. The van der Waals surface area contributed by atoms with Crippen molar-refractivity contribution in [2.75, 3.05) is 11.1 Å². The number of anilines is 2. The number of nitrogens with one attached hydrogen (secondary N) is 1. The zero-order chi connectivity index (χ0) is 23.7. The standard InChI is InChI=1S/C22H14ClFN8O/c1-11(29-19-13(9-26)10-28-22(27)31-19)20-30-16-6-5-15(24)18(23)17(16)21(33)32(20)14-4-2-3-12(7-14)8-25/h2-7,10-11H,1H3,(H3,27,28,29,31). The second-order valence-corrected chi connectivity index (χ2v) is 7.37. The van der Waals surface area contributed by atoms with Crippen molar-refractivity contribution in [2.24, 2.45) is 0 Å². The Morgan fingerprint density at radius 1 is 1.21 bits per heavy atom. The third-order valence-electron chi connectivity index (χ3n) is 4.86. The molecule has 2 heterocycles. The average molecular weight is 461 g/mol. The van der Waals surface area contributed by atoms with E-state index >= 15 is 0 Å². The Bertz CT molecular complexity index is 1550. The second kappa shape index (κ2) is 8.54. The summed E-state index contributed by atoms with van der Waals surface area (Å²) in [6, 6.07) is 12.1. The predicted molar refractivity (Wildman–Crippen MR) is 120 cm³/mol. The van der Waals surface area contributed by atoms with E-state index in [0.29, 0.717) is 11.3 Å². The summed E-state index contributed by atoms with van der Waals surface area (Å²) in [6.45, 7) is 1.70. The molecule has 0 bridgehead atoms. The molecule has 0 aliphatic heterocycles. The van der Waals surface area contributed by atoms with Crippen molar-refractivity contribution in [1.82, 2.24) is 19.5 Å². The molecule has 0 amide bonds. The lowest BCUT2D eigenvalue weighted by atomic mass is 10.1. The van der Waals surface area contributed by atoms with Gasteiger partial charge in [0.25, 0.3) is 5.56 Å². The molecular weight excluding hydrogens is 447 g/mol. The minimum atomic E-state index is -0.755. The fraction of sp³-hybridized carbons (Fsp3) is 0.0909. The van der Waals surface area contributed by atoms with Gasteiger partial charge in [-0.15, -0.1) is 0 Å². The number of halogens is 2. The number of fused-ring (bicyclic) bond motifs is 1. The number of nitriles is 2. The molecular formula is C22H14ClFN8O. The van der Waals surface area contributed by atoms with Crippen molar-refractivity contribution in [1.29, 1.82) is 10.5 Å². The summed E-state index contributed by atoms with van der Waals surface area (Å²) < 4.78 is 15.4. The monoisotopic (exact) mass is 460 g/mol. The molecule has 0 fully saturated rings. The highest BCUT2D eigenvalue weighted by molar-refractivity contribution is 6.35. The fourth-order valence-electron chi connectivity index (χ4n) is 3.34. The van der Waals surface area contributed by atoms with Crippen LogP contribution in [0.1, 0.15) is 29.9 Å². The highest BCUT2D eigenvalue weighted by atomic mass is 35.5. The minimum Gasteiger partial charge on any atom is -0.368 e. The highest BCUT2D eigenvalue weighted by Crippen LogP contribution is 2.27. The van der Waals surface area contributed by atoms with Gasteiger partial charge in [-0.25, -0.2) is 14.4 Å². The maximum absolute atomic E-state index is 14.1. The average Bonchev–Trinajstić information content (AvgIpc) is 2.81. The van der Waals surface area contributed by atoms with Crippen LogP contribution in [0, 0.1) is 28.5 Å². The molecule has 0 saturated carbocycles. The zero-order valence-corrected chi connectivity index (χ0v) is 17.8. The summed E-state index contributed by atoms with van der Waals surface area (Å²) in [6.07, 6.45) is 1.28. The molecule has 0 aliphatic carbocycles. The molecule has 3 N–H and O–H groups in total. The second-order valence-electron chi connectivity index (χ2n) is 7.00. The molecule has 2 aromatic carbocycles. The molecule has 9 nitrogen and oxygen atoms in total. The molecule has 4 rings (SSSR count). The van der Waals surface area contributed by atoms with Gasteiger partial charge in [-0.1, -0.05) is 17.7 Å². The van der Waals surface area contributed by atoms with Crippen molar-refractivity contribution >= 4 is 34.3 Å². The molecule has 2 aromatic heterocycles. The van der Waals surface area contributed by atoms with E-state index in [2.05, 4.69) is 20.3 Å². The van der Waals surface area contributed by atoms with Crippen LogP contribution in [-0.4, -0.2) is 19.5 Å². The summed E-state index contributed by atoms with van der Waals surface area (Å²) in [5.74, 6) is -0.432. The topological polar surface area (TPSA) is 146 Å². The van der Waals surface area contributed by atoms with Crippen molar-refractivity contribution in [3.8, 4) is 17.8 Å². The van der Waals surface area contributed by atoms with E-state index < -0.39 is 17.4 Å². The molecule has 162 valence electrons. The molecule has 11 heteroatoms. The van der Waals surface area contributed by atoms with Gasteiger partial charge in [-0.05, 0) is 37.3 Å². The van der Waals surface area contributed by atoms with Gasteiger partial charge in [0.1, 0.15) is 29.1 Å². The van der Waals surface area contributed by atoms with Crippen LogP contribution in [-0.2, 0) is 0 Å². The quantitative estimate of drug-likeness (QED) is 0.470. The first-order valence-electron chi connectivity index (χ1n) is 9.54. The third kappa shape index (κ3) is 3.91. The maximum Gasteiger partial charge on any atom is 0.267 e. The van der Waals surface area contributed by atoms with Gasteiger partial charge in [0.15, 0.2) is 0 Å². The molecule has 1 atom stereocenters. The van der Waals surface area contributed by atoms with E-state index in [1.807, 2.05) is 12.1 Å². The molecule has 0 aliphatic rings. The number of benzene rings is 2. The lowest BCUT2D eigenvalue weighted by Gasteiger charge is -2.21. The fourth-order valence-corrected chi connectivity index (χ4v) is 3.58. The van der Waals surface area contributed by atoms with Crippen LogP contribution in [0.5, 0.6) is 0 Å². The summed E-state index contributed by atoms with van der Waals surface area (Å²) >= 11 is 6.10. The molecule has 0 spiro atoms. The smallest absolute Gasteiger partial charge is 0.267 e. The Labute approximate surface area is 191 Å². The van der Waals surface area contributed by atoms with E-state index in [1.165, 1.54) is 22.9 Å². The van der Waals surface area contributed by atoms with Crippen molar-refractivity contribution in [3.05, 3.63) is 80.7 Å². The first kappa shape index (κ1) is 21.7. The number of nitrogens with zero attached hydrogens (tertiary/aromatic N) is 6. The highest BCUT2D eigenvalue weighted by Gasteiger charge is 2.22. The lowest BCUT2D eigenvalue weighted by molar-refractivity contribution is 0.629. The summed E-state index contributed by atoms with van der Waals surface area (Å²) in [7, 11) is 0. The van der Waals surface area contributed by atoms with E-state index in [4.69, 9.17) is 17.3 Å². The lowest BCUT2D eigenvalue weighted by Crippen LogP contribution is -2.28. The van der Waals surface area contributed by atoms with Crippen LogP contribution in [0.2, 0.25) is 5.02 Å². The van der Waals surface area contributed by atoms with E-state index in [9.17, 15) is 19.7 Å². The van der Waals surface area contributed by atoms with Gasteiger partial charge in [0, 0.05) is 0 Å². The Kier molecular flexibility index (Phi) is 5.61. The van der Waals surface area contributed by atoms with Crippen molar-refractivity contribution in [3.63, 3.8) is 0 Å². The van der Waals surface area contributed by atoms with Gasteiger partial charge in [-0.2, -0.15) is 15.5 Å². The SMILES string of the molecule is CC(Nc1nc(N)ncc1C#N)c1nc2ccc(F)c(Cl)c2c(=O)n1-c1cccc(C#N)c1. The molecule has 0 radical (unpaired) electrons. The first-order chi connectivity index (χ1) is 15.8. The Morgan fingerprint density at radius 3 is 2.73 bits per heavy atom. The minimum absolute atomic E-state index is 0.0449. The number of aromatic nitrogens is 4. The largest absolute Gasteiger partial charge is 0.368 e. The number of nitrogens with two attached hydrogens (primary N) is 1. The van der Waals surface area contributed by atoms with Crippen molar-refractivity contribution < 1.29 is 4.39 Å².